The molecule has 0 aliphatic rings. The molecule has 0 saturated carbocycles. The van der Waals surface area contributed by atoms with Gasteiger partial charge in [-0.2, -0.15) is 0 Å². The van der Waals surface area contributed by atoms with Crippen LogP contribution in [-0.4, -0.2) is 6.61 Å². The Labute approximate surface area is 131 Å². The van der Waals surface area contributed by atoms with Crippen LogP contribution in [0.25, 0.3) is 0 Å². The van der Waals surface area contributed by atoms with Gasteiger partial charge in [0.25, 0.3) is 0 Å². The fourth-order valence-electron chi connectivity index (χ4n) is 2.14. The van der Waals surface area contributed by atoms with Gasteiger partial charge in [0.1, 0.15) is 5.75 Å². The van der Waals surface area contributed by atoms with E-state index in [4.69, 9.17) is 22.1 Å². The molecule has 0 radical (unpaired) electrons. The molecule has 0 aromatic heterocycles. The van der Waals surface area contributed by atoms with Gasteiger partial charge in [-0.1, -0.05) is 55.8 Å². The molecule has 0 saturated heterocycles. The number of benzene rings is 2. The standard InChI is InChI=1S/C18H22ClNO/c1-13(2)12-21-15-8-9-17(19)16(11-15)18(20)10-14-6-4-3-5-7-14/h3-9,11,13,18H,10,12,20H2,1-2H3. The van der Waals surface area contributed by atoms with E-state index < -0.39 is 0 Å². The average molecular weight is 304 g/mol. The van der Waals surface area contributed by atoms with Gasteiger partial charge in [0.05, 0.1) is 6.61 Å². The summed E-state index contributed by atoms with van der Waals surface area (Å²) in [5.41, 5.74) is 8.45. The first kappa shape index (κ1) is 15.9. The molecule has 2 nitrogen and oxygen atoms in total. The lowest BCUT2D eigenvalue weighted by molar-refractivity contribution is 0.270. The largest absolute Gasteiger partial charge is 0.493 e. The molecule has 112 valence electrons. The summed E-state index contributed by atoms with van der Waals surface area (Å²) in [5, 5.41) is 0.690. The number of hydrogen-bond donors (Lipinski definition) is 1. The van der Waals surface area contributed by atoms with Gasteiger partial charge in [0.2, 0.25) is 0 Å². The van der Waals surface area contributed by atoms with Gasteiger partial charge in [-0.25, -0.2) is 0 Å². The predicted octanol–water partition coefficient (Wildman–Crippen LogP) is 4.62. The molecule has 0 spiro atoms. The van der Waals surface area contributed by atoms with Gasteiger partial charge in [0.15, 0.2) is 0 Å². The third-order valence-corrected chi connectivity index (χ3v) is 3.59. The Kier molecular flexibility index (Phi) is 5.66. The summed E-state index contributed by atoms with van der Waals surface area (Å²) in [4.78, 5) is 0. The van der Waals surface area contributed by atoms with Gasteiger partial charge in [-0.3, -0.25) is 0 Å². The summed E-state index contributed by atoms with van der Waals surface area (Å²) in [6.45, 7) is 4.94. The summed E-state index contributed by atoms with van der Waals surface area (Å²) in [6.07, 6.45) is 0.758. The van der Waals surface area contributed by atoms with Gasteiger partial charge in [-0.05, 0) is 41.7 Å². The molecule has 0 aliphatic heterocycles. The molecule has 0 heterocycles. The highest BCUT2D eigenvalue weighted by atomic mass is 35.5. The molecule has 3 heteroatoms. The van der Waals surface area contributed by atoms with Crippen LogP contribution >= 0.6 is 11.6 Å². The minimum Gasteiger partial charge on any atom is -0.493 e. The van der Waals surface area contributed by atoms with Crippen LogP contribution in [0.15, 0.2) is 48.5 Å². The van der Waals surface area contributed by atoms with Gasteiger partial charge in [-0.15, -0.1) is 0 Å². The fourth-order valence-corrected chi connectivity index (χ4v) is 2.39. The molecule has 0 aliphatic carbocycles. The quantitative estimate of drug-likeness (QED) is 0.845. The predicted molar refractivity (Wildman–Crippen MR) is 88.9 cm³/mol. The van der Waals surface area contributed by atoms with Crippen molar-refractivity contribution in [3.8, 4) is 5.75 Å². The number of rotatable bonds is 6. The van der Waals surface area contributed by atoms with Gasteiger partial charge in [0, 0.05) is 11.1 Å². The Morgan fingerprint density at radius 2 is 1.81 bits per heavy atom. The first-order chi connectivity index (χ1) is 10.1. The molecule has 1 atom stereocenters. The van der Waals surface area contributed by atoms with Crippen molar-refractivity contribution in [3.05, 3.63) is 64.7 Å². The van der Waals surface area contributed by atoms with E-state index in [1.807, 2.05) is 36.4 Å². The van der Waals surface area contributed by atoms with Crippen molar-refractivity contribution >= 4 is 11.6 Å². The normalized spacial score (nSPS) is 12.4. The van der Waals surface area contributed by atoms with Crippen molar-refractivity contribution in [2.75, 3.05) is 6.61 Å². The smallest absolute Gasteiger partial charge is 0.119 e. The Morgan fingerprint density at radius 3 is 2.48 bits per heavy atom. The number of halogens is 1. The molecule has 2 aromatic rings. The number of ether oxygens (including phenoxy) is 1. The monoisotopic (exact) mass is 303 g/mol. The molecular formula is C18H22ClNO. The van der Waals surface area contributed by atoms with E-state index in [2.05, 4.69) is 26.0 Å². The first-order valence-corrected chi connectivity index (χ1v) is 7.66. The Hall–Kier alpha value is -1.51. The van der Waals surface area contributed by atoms with Crippen molar-refractivity contribution in [2.45, 2.75) is 26.3 Å². The van der Waals surface area contributed by atoms with Crippen molar-refractivity contribution in [1.82, 2.24) is 0 Å². The Bertz CT molecular complexity index is 569. The van der Waals surface area contributed by atoms with Gasteiger partial charge >= 0.3 is 0 Å². The summed E-state index contributed by atoms with van der Waals surface area (Å²) < 4.78 is 5.75. The van der Waals surface area contributed by atoms with Crippen LogP contribution in [0.1, 0.15) is 31.0 Å². The molecule has 2 N–H and O–H groups in total. The molecule has 1 unspecified atom stereocenters. The van der Waals surface area contributed by atoms with Crippen LogP contribution in [-0.2, 0) is 6.42 Å². The van der Waals surface area contributed by atoms with Crippen molar-refractivity contribution < 1.29 is 4.74 Å². The molecule has 0 fully saturated rings. The molecule has 2 aromatic carbocycles. The van der Waals surface area contributed by atoms with Crippen LogP contribution in [0.5, 0.6) is 5.75 Å². The van der Waals surface area contributed by atoms with Crippen molar-refractivity contribution in [1.29, 1.82) is 0 Å². The zero-order valence-electron chi connectivity index (χ0n) is 12.6. The third kappa shape index (κ3) is 4.76. The highest BCUT2D eigenvalue weighted by Gasteiger charge is 2.12. The second-order valence-corrected chi connectivity index (χ2v) is 6.09. The lowest BCUT2D eigenvalue weighted by Crippen LogP contribution is -2.14. The lowest BCUT2D eigenvalue weighted by atomic mass is 9.99. The molecule has 21 heavy (non-hydrogen) atoms. The summed E-state index contributed by atoms with van der Waals surface area (Å²) in [7, 11) is 0. The van der Waals surface area contributed by atoms with Crippen LogP contribution in [0.3, 0.4) is 0 Å². The molecule has 0 bridgehead atoms. The van der Waals surface area contributed by atoms with Crippen LogP contribution in [0, 0.1) is 5.92 Å². The van der Waals surface area contributed by atoms with E-state index in [1.54, 1.807) is 0 Å². The van der Waals surface area contributed by atoms with E-state index >= 15 is 0 Å². The van der Waals surface area contributed by atoms with Crippen LogP contribution in [0.2, 0.25) is 5.02 Å². The van der Waals surface area contributed by atoms with E-state index in [0.717, 1.165) is 17.7 Å². The zero-order chi connectivity index (χ0) is 15.2. The maximum Gasteiger partial charge on any atom is 0.119 e. The minimum atomic E-state index is -0.137. The maximum absolute atomic E-state index is 6.31. The third-order valence-electron chi connectivity index (χ3n) is 3.25. The van der Waals surface area contributed by atoms with Crippen molar-refractivity contribution in [2.24, 2.45) is 11.7 Å². The second kappa shape index (κ2) is 7.48. The van der Waals surface area contributed by atoms with E-state index in [-0.39, 0.29) is 6.04 Å². The Morgan fingerprint density at radius 1 is 1.10 bits per heavy atom. The topological polar surface area (TPSA) is 35.2 Å². The summed E-state index contributed by atoms with van der Waals surface area (Å²) >= 11 is 6.28. The Balaban J connectivity index is 2.12. The summed E-state index contributed by atoms with van der Waals surface area (Å²) in [6, 6.07) is 15.8. The number of nitrogens with two attached hydrogens (primary N) is 1. The van der Waals surface area contributed by atoms with Crippen LogP contribution < -0.4 is 10.5 Å². The van der Waals surface area contributed by atoms with E-state index in [9.17, 15) is 0 Å². The first-order valence-electron chi connectivity index (χ1n) is 7.28. The molecular weight excluding hydrogens is 282 g/mol. The summed E-state index contributed by atoms with van der Waals surface area (Å²) in [5.74, 6) is 1.31. The van der Waals surface area contributed by atoms with E-state index in [1.165, 1.54) is 5.56 Å². The van der Waals surface area contributed by atoms with Crippen LogP contribution in [0.4, 0.5) is 0 Å². The molecule has 0 amide bonds. The van der Waals surface area contributed by atoms with Gasteiger partial charge < -0.3 is 10.5 Å². The SMILES string of the molecule is CC(C)COc1ccc(Cl)c(C(N)Cc2ccccc2)c1. The lowest BCUT2D eigenvalue weighted by Gasteiger charge is -2.16. The van der Waals surface area contributed by atoms with Crippen molar-refractivity contribution in [3.63, 3.8) is 0 Å². The highest BCUT2D eigenvalue weighted by Crippen LogP contribution is 2.28. The average Bonchev–Trinajstić information content (AvgIpc) is 2.47. The number of hydrogen-bond acceptors (Lipinski definition) is 2. The zero-order valence-corrected chi connectivity index (χ0v) is 13.3. The second-order valence-electron chi connectivity index (χ2n) is 5.68. The fraction of sp³-hybridized carbons (Fsp3) is 0.333. The minimum absolute atomic E-state index is 0.137. The van der Waals surface area contributed by atoms with E-state index in [0.29, 0.717) is 17.5 Å². The molecule has 2 rings (SSSR count). The highest BCUT2D eigenvalue weighted by molar-refractivity contribution is 6.31. The maximum atomic E-state index is 6.31.